The Hall–Kier alpha value is -2.15. The molecule has 6 heteroatoms. The summed E-state index contributed by atoms with van der Waals surface area (Å²) in [4.78, 5) is 1.69. The minimum atomic E-state index is -3.59. The summed E-state index contributed by atoms with van der Waals surface area (Å²) in [7, 11) is -3.59. The molecule has 1 aliphatic rings. The Bertz CT molecular complexity index is 1250. The fraction of sp³-hybridized carbons (Fsp3) is 0.238. The van der Waals surface area contributed by atoms with Crippen molar-refractivity contribution in [3.63, 3.8) is 0 Å². The Kier molecular flexibility index (Phi) is 4.07. The van der Waals surface area contributed by atoms with Crippen LogP contribution in [0.4, 0.5) is 0 Å². The molecule has 2 heterocycles. The molecule has 5 rings (SSSR count). The number of rotatable bonds is 4. The number of para-hydroxylation sites is 1. The van der Waals surface area contributed by atoms with E-state index in [-0.39, 0.29) is 4.90 Å². The van der Waals surface area contributed by atoms with Crippen LogP contribution in [0, 0.1) is 0 Å². The molecule has 0 spiro atoms. The summed E-state index contributed by atoms with van der Waals surface area (Å²) in [5.41, 5.74) is 3.93. The summed E-state index contributed by atoms with van der Waals surface area (Å²) in [5.74, 6) is 0. The number of thiophene rings is 1. The van der Waals surface area contributed by atoms with Gasteiger partial charge in [0.05, 0.1) is 4.90 Å². The van der Waals surface area contributed by atoms with Gasteiger partial charge in [0.1, 0.15) is 11.2 Å². The predicted molar refractivity (Wildman–Crippen MR) is 109 cm³/mol. The highest BCUT2D eigenvalue weighted by Gasteiger charge is 2.20. The molecular weight excluding hydrogens is 378 g/mol. The highest BCUT2D eigenvalue weighted by molar-refractivity contribution is 7.89. The second-order valence-electron chi connectivity index (χ2n) is 6.95. The van der Waals surface area contributed by atoms with Crippen LogP contribution in [0.25, 0.3) is 21.9 Å². The summed E-state index contributed by atoms with van der Waals surface area (Å²) in [6.07, 6.45) is 4.60. The van der Waals surface area contributed by atoms with Crippen LogP contribution in [0.1, 0.15) is 28.8 Å². The zero-order chi connectivity index (χ0) is 18.4. The molecule has 0 saturated carbocycles. The number of fused-ring (bicyclic) bond motifs is 4. The van der Waals surface area contributed by atoms with Gasteiger partial charge >= 0.3 is 0 Å². The molecule has 1 aliphatic carbocycles. The smallest absolute Gasteiger partial charge is 0.240 e. The molecule has 0 atom stereocenters. The Balaban J connectivity index is 1.46. The molecule has 138 valence electrons. The molecule has 0 aliphatic heterocycles. The fourth-order valence-electron chi connectivity index (χ4n) is 3.84. The van der Waals surface area contributed by atoms with E-state index < -0.39 is 10.0 Å². The van der Waals surface area contributed by atoms with Gasteiger partial charge in [-0.15, -0.1) is 11.3 Å². The van der Waals surface area contributed by atoms with E-state index in [1.165, 1.54) is 23.3 Å². The lowest BCUT2D eigenvalue weighted by atomic mass is 9.96. The minimum absolute atomic E-state index is 0.269. The number of hydrogen-bond acceptors (Lipinski definition) is 4. The van der Waals surface area contributed by atoms with Crippen LogP contribution in [0.3, 0.4) is 0 Å². The van der Waals surface area contributed by atoms with Gasteiger partial charge in [0.15, 0.2) is 0 Å². The number of nitrogens with one attached hydrogen (secondary N) is 1. The van der Waals surface area contributed by atoms with Gasteiger partial charge in [-0.2, -0.15) is 0 Å². The number of furan rings is 1. The molecule has 4 aromatic rings. The van der Waals surface area contributed by atoms with Crippen molar-refractivity contribution in [2.24, 2.45) is 0 Å². The highest BCUT2D eigenvalue weighted by Crippen LogP contribution is 2.32. The SMILES string of the molecule is O=S(=O)(NCc1csc2c1CCCC2)c1ccc2oc3ccccc3c2c1. The van der Waals surface area contributed by atoms with E-state index in [9.17, 15) is 8.42 Å². The van der Waals surface area contributed by atoms with Gasteiger partial charge < -0.3 is 4.42 Å². The summed E-state index contributed by atoms with van der Waals surface area (Å²) in [6, 6.07) is 12.7. The van der Waals surface area contributed by atoms with E-state index in [0.717, 1.165) is 34.8 Å². The summed E-state index contributed by atoms with van der Waals surface area (Å²) >= 11 is 1.76. The highest BCUT2D eigenvalue weighted by atomic mass is 32.2. The van der Waals surface area contributed by atoms with Gasteiger partial charge in [0.25, 0.3) is 0 Å². The van der Waals surface area contributed by atoms with Crippen molar-refractivity contribution in [3.05, 3.63) is 63.8 Å². The predicted octanol–water partition coefficient (Wildman–Crippen LogP) is 5.00. The van der Waals surface area contributed by atoms with Crippen LogP contribution in [0.2, 0.25) is 0 Å². The van der Waals surface area contributed by atoms with Crippen molar-refractivity contribution in [1.82, 2.24) is 4.72 Å². The maximum atomic E-state index is 12.9. The van der Waals surface area contributed by atoms with Gasteiger partial charge in [-0.1, -0.05) is 18.2 Å². The fourth-order valence-corrected chi connectivity index (χ4v) is 6.02. The third kappa shape index (κ3) is 2.98. The monoisotopic (exact) mass is 397 g/mol. The lowest BCUT2D eigenvalue weighted by Gasteiger charge is -2.13. The maximum absolute atomic E-state index is 12.9. The molecule has 0 unspecified atom stereocenters. The molecule has 0 radical (unpaired) electrons. The van der Waals surface area contributed by atoms with Crippen LogP contribution in [0.15, 0.2) is 57.2 Å². The number of hydrogen-bond donors (Lipinski definition) is 1. The van der Waals surface area contributed by atoms with Crippen molar-refractivity contribution in [2.45, 2.75) is 37.1 Å². The molecule has 0 fully saturated rings. The third-order valence-corrected chi connectivity index (χ3v) is 7.80. The van der Waals surface area contributed by atoms with Crippen molar-refractivity contribution in [3.8, 4) is 0 Å². The molecular formula is C21H19NO3S2. The molecule has 27 heavy (non-hydrogen) atoms. The normalized spacial score (nSPS) is 14.7. The first kappa shape index (κ1) is 17.0. The van der Waals surface area contributed by atoms with Crippen molar-refractivity contribution < 1.29 is 12.8 Å². The quantitative estimate of drug-likeness (QED) is 0.527. The van der Waals surface area contributed by atoms with E-state index in [0.29, 0.717) is 12.1 Å². The van der Waals surface area contributed by atoms with E-state index in [1.807, 2.05) is 24.3 Å². The van der Waals surface area contributed by atoms with Crippen LogP contribution in [0.5, 0.6) is 0 Å². The van der Waals surface area contributed by atoms with Crippen LogP contribution < -0.4 is 4.72 Å². The maximum Gasteiger partial charge on any atom is 0.240 e. The van der Waals surface area contributed by atoms with Crippen LogP contribution in [-0.2, 0) is 29.4 Å². The molecule has 2 aromatic carbocycles. The zero-order valence-electron chi connectivity index (χ0n) is 14.7. The summed E-state index contributed by atoms with van der Waals surface area (Å²) in [5, 5.41) is 3.85. The molecule has 4 nitrogen and oxygen atoms in total. The van der Waals surface area contributed by atoms with Gasteiger partial charge in [0, 0.05) is 22.2 Å². The van der Waals surface area contributed by atoms with Gasteiger partial charge in [-0.25, -0.2) is 13.1 Å². The number of sulfonamides is 1. The Morgan fingerprint density at radius 2 is 1.81 bits per heavy atom. The molecule has 1 N–H and O–H groups in total. The number of benzene rings is 2. The van der Waals surface area contributed by atoms with Crippen molar-refractivity contribution >= 4 is 43.3 Å². The second-order valence-corrected chi connectivity index (χ2v) is 9.68. The largest absolute Gasteiger partial charge is 0.456 e. The van der Waals surface area contributed by atoms with Crippen molar-refractivity contribution in [1.29, 1.82) is 0 Å². The third-order valence-electron chi connectivity index (χ3n) is 5.26. The molecule has 2 aromatic heterocycles. The van der Waals surface area contributed by atoms with Crippen LogP contribution in [-0.4, -0.2) is 8.42 Å². The van der Waals surface area contributed by atoms with E-state index in [2.05, 4.69) is 10.1 Å². The molecule has 0 amide bonds. The van der Waals surface area contributed by atoms with Gasteiger partial charge in [-0.05, 0) is 66.5 Å². The first-order valence-electron chi connectivity index (χ1n) is 9.11. The topological polar surface area (TPSA) is 59.3 Å². The summed E-state index contributed by atoms with van der Waals surface area (Å²) < 4.78 is 34.3. The molecule has 0 saturated heterocycles. The first-order valence-corrected chi connectivity index (χ1v) is 11.5. The number of aryl methyl sites for hydroxylation is 1. The lowest BCUT2D eigenvalue weighted by molar-refractivity contribution is 0.581. The van der Waals surface area contributed by atoms with Gasteiger partial charge in [-0.3, -0.25) is 0 Å². The first-order chi connectivity index (χ1) is 13.1. The zero-order valence-corrected chi connectivity index (χ0v) is 16.3. The Morgan fingerprint density at radius 1 is 1.00 bits per heavy atom. The van der Waals surface area contributed by atoms with Gasteiger partial charge in [0.2, 0.25) is 10.0 Å². The minimum Gasteiger partial charge on any atom is -0.456 e. The average molecular weight is 398 g/mol. The van der Waals surface area contributed by atoms with E-state index in [4.69, 9.17) is 4.42 Å². The lowest BCUT2D eigenvalue weighted by Crippen LogP contribution is -2.23. The van der Waals surface area contributed by atoms with Crippen molar-refractivity contribution in [2.75, 3.05) is 0 Å². The van der Waals surface area contributed by atoms with E-state index in [1.54, 1.807) is 29.5 Å². The van der Waals surface area contributed by atoms with Crippen LogP contribution >= 0.6 is 11.3 Å². The Morgan fingerprint density at radius 3 is 2.74 bits per heavy atom. The second kappa shape index (κ2) is 6.48. The average Bonchev–Trinajstić information content (AvgIpc) is 3.27. The molecule has 0 bridgehead atoms. The van der Waals surface area contributed by atoms with E-state index >= 15 is 0 Å². The Labute approximate surface area is 161 Å². The standard InChI is InChI=1S/C21H19NO3S2/c23-27(24,22-12-14-13-26-21-8-4-2-5-16(14)21)15-9-10-20-18(11-15)17-6-1-3-7-19(17)25-20/h1,3,6-7,9-11,13,22H,2,4-5,8,12H2. The summed E-state index contributed by atoms with van der Waals surface area (Å²) in [6.45, 7) is 0.346.